The van der Waals surface area contributed by atoms with Crippen LogP contribution in [0.1, 0.15) is 20.3 Å². The molecule has 3 nitrogen and oxygen atoms in total. The molecule has 1 aliphatic rings. The van der Waals surface area contributed by atoms with E-state index in [1.54, 1.807) is 11.9 Å². The third kappa shape index (κ3) is 2.10. The number of amides is 1. The molecule has 1 fully saturated rings. The number of carbonyl (C=O) groups excluding carboxylic acids is 1. The van der Waals surface area contributed by atoms with Gasteiger partial charge in [0, 0.05) is 13.6 Å². The minimum Gasteiger partial charge on any atom is -0.449 e. The summed E-state index contributed by atoms with van der Waals surface area (Å²) in [6, 6.07) is 0. The second-order valence-corrected chi connectivity index (χ2v) is 3.88. The molecule has 64 valence electrons. The standard InChI is InChI=1S/C8H15NO2/c1-8(2)4-5-11-7(10)9(3)6-8/h4-6H2,1-3H3. The summed E-state index contributed by atoms with van der Waals surface area (Å²) in [5.74, 6) is 0. The molecular formula is C8H15NO2. The number of cyclic esters (lactones) is 1. The fraction of sp³-hybridized carbons (Fsp3) is 0.875. The lowest BCUT2D eigenvalue weighted by atomic mass is 9.90. The molecule has 0 aromatic heterocycles. The SMILES string of the molecule is CN1CC(C)(C)CCOC1=O. The molecule has 1 rings (SSSR count). The van der Waals surface area contributed by atoms with Crippen molar-refractivity contribution in [1.29, 1.82) is 0 Å². The van der Waals surface area contributed by atoms with Gasteiger partial charge >= 0.3 is 6.09 Å². The summed E-state index contributed by atoms with van der Waals surface area (Å²) in [7, 11) is 1.77. The van der Waals surface area contributed by atoms with E-state index < -0.39 is 0 Å². The predicted molar refractivity (Wildman–Crippen MR) is 42.4 cm³/mol. The highest BCUT2D eigenvalue weighted by Gasteiger charge is 2.27. The highest BCUT2D eigenvalue weighted by molar-refractivity contribution is 5.67. The first-order valence-corrected chi connectivity index (χ1v) is 3.89. The van der Waals surface area contributed by atoms with Crippen molar-refractivity contribution in [3.8, 4) is 0 Å². The minimum atomic E-state index is -0.199. The van der Waals surface area contributed by atoms with Crippen LogP contribution in [0.15, 0.2) is 0 Å². The Bertz CT molecular complexity index is 165. The summed E-state index contributed by atoms with van der Waals surface area (Å²) in [6.07, 6.45) is 0.749. The molecule has 0 saturated carbocycles. The quantitative estimate of drug-likeness (QED) is 0.533. The topological polar surface area (TPSA) is 29.5 Å². The fourth-order valence-electron chi connectivity index (χ4n) is 1.31. The molecule has 11 heavy (non-hydrogen) atoms. The summed E-state index contributed by atoms with van der Waals surface area (Å²) < 4.78 is 4.94. The summed E-state index contributed by atoms with van der Waals surface area (Å²) in [5.41, 5.74) is 0.195. The Morgan fingerprint density at radius 2 is 2.18 bits per heavy atom. The van der Waals surface area contributed by atoms with Crippen LogP contribution in [0.4, 0.5) is 4.79 Å². The Balaban J connectivity index is 2.63. The average Bonchev–Trinajstić information content (AvgIpc) is 1.93. The van der Waals surface area contributed by atoms with Crippen molar-refractivity contribution in [2.45, 2.75) is 20.3 Å². The van der Waals surface area contributed by atoms with Crippen molar-refractivity contribution in [2.75, 3.05) is 20.2 Å². The molecular weight excluding hydrogens is 142 g/mol. The van der Waals surface area contributed by atoms with Crippen molar-refractivity contribution in [3.63, 3.8) is 0 Å². The molecule has 0 spiro atoms. The van der Waals surface area contributed by atoms with Gasteiger partial charge in [-0.3, -0.25) is 0 Å². The van der Waals surface area contributed by atoms with Crippen molar-refractivity contribution in [2.24, 2.45) is 5.41 Å². The number of carbonyl (C=O) groups is 1. The Kier molecular flexibility index (Phi) is 2.07. The van der Waals surface area contributed by atoms with Crippen LogP contribution < -0.4 is 0 Å². The maximum atomic E-state index is 11.0. The molecule has 0 aliphatic carbocycles. The minimum absolute atomic E-state index is 0.195. The first-order valence-electron chi connectivity index (χ1n) is 3.89. The van der Waals surface area contributed by atoms with E-state index in [2.05, 4.69) is 13.8 Å². The highest BCUT2D eigenvalue weighted by atomic mass is 16.6. The molecule has 0 bridgehead atoms. The van der Waals surface area contributed by atoms with Crippen LogP contribution in [0, 0.1) is 5.41 Å². The normalized spacial score (nSPS) is 24.3. The molecule has 1 heterocycles. The Morgan fingerprint density at radius 3 is 2.82 bits per heavy atom. The summed E-state index contributed by atoms with van der Waals surface area (Å²) in [5, 5.41) is 0. The zero-order valence-electron chi connectivity index (χ0n) is 7.39. The highest BCUT2D eigenvalue weighted by Crippen LogP contribution is 2.24. The first-order chi connectivity index (χ1) is 5.01. The third-order valence-electron chi connectivity index (χ3n) is 1.98. The fourth-order valence-corrected chi connectivity index (χ4v) is 1.31. The maximum Gasteiger partial charge on any atom is 0.409 e. The molecule has 1 amide bonds. The van der Waals surface area contributed by atoms with Gasteiger partial charge in [0.05, 0.1) is 6.61 Å². The van der Waals surface area contributed by atoms with E-state index in [4.69, 9.17) is 4.74 Å². The van der Waals surface area contributed by atoms with Crippen molar-refractivity contribution < 1.29 is 9.53 Å². The van der Waals surface area contributed by atoms with Crippen LogP contribution in [0.3, 0.4) is 0 Å². The molecule has 1 aliphatic heterocycles. The van der Waals surface area contributed by atoms with Crippen LogP contribution in [-0.2, 0) is 4.74 Å². The molecule has 0 N–H and O–H groups in total. The van der Waals surface area contributed by atoms with Gasteiger partial charge in [-0.1, -0.05) is 13.8 Å². The summed E-state index contributed by atoms with van der Waals surface area (Å²) >= 11 is 0. The van der Waals surface area contributed by atoms with Gasteiger partial charge in [0.25, 0.3) is 0 Å². The van der Waals surface area contributed by atoms with E-state index in [0.717, 1.165) is 13.0 Å². The number of rotatable bonds is 0. The average molecular weight is 157 g/mol. The zero-order valence-corrected chi connectivity index (χ0v) is 7.39. The first kappa shape index (κ1) is 8.37. The van der Waals surface area contributed by atoms with Gasteiger partial charge < -0.3 is 9.64 Å². The van der Waals surface area contributed by atoms with Crippen LogP contribution in [0.5, 0.6) is 0 Å². The van der Waals surface area contributed by atoms with Gasteiger partial charge in [0.2, 0.25) is 0 Å². The van der Waals surface area contributed by atoms with Crippen LogP contribution in [0.25, 0.3) is 0 Å². The van der Waals surface area contributed by atoms with Crippen LogP contribution >= 0.6 is 0 Å². The lowest BCUT2D eigenvalue weighted by Crippen LogP contribution is -2.32. The van der Waals surface area contributed by atoms with Crippen molar-refractivity contribution in [3.05, 3.63) is 0 Å². The molecule has 0 aromatic rings. The summed E-state index contributed by atoms with van der Waals surface area (Å²) in [6.45, 7) is 5.62. The number of hydrogen-bond donors (Lipinski definition) is 0. The van der Waals surface area contributed by atoms with Crippen LogP contribution in [0.2, 0.25) is 0 Å². The van der Waals surface area contributed by atoms with E-state index >= 15 is 0 Å². The second kappa shape index (κ2) is 2.72. The molecule has 0 unspecified atom stereocenters. The second-order valence-electron chi connectivity index (χ2n) is 3.88. The molecule has 3 heteroatoms. The molecule has 0 radical (unpaired) electrons. The lowest BCUT2D eigenvalue weighted by molar-refractivity contribution is 0.124. The van der Waals surface area contributed by atoms with E-state index in [9.17, 15) is 4.79 Å². The van der Waals surface area contributed by atoms with Gasteiger partial charge in [0.1, 0.15) is 0 Å². The third-order valence-corrected chi connectivity index (χ3v) is 1.98. The van der Waals surface area contributed by atoms with Gasteiger partial charge in [0.15, 0.2) is 0 Å². The van der Waals surface area contributed by atoms with E-state index in [1.807, 2.05) is 0 Å². The van der Waals surface area contributed by atoms with E-state index in [0.29, 0.717) is 6.61 Å². The zero-order chi connectivity index (χ0) is 8.48. The van der Waals surface area contributed by atoms with E-state index in [1.165, 1.54) is 0 Å². The lowest BCUT2D eigenvalue weighted by Gasteiger charge is -2.24. The van der Waals surface area contributed by atoms with Gasteiger partial charge in [-0.25, -0.2) is 4.79 Å². The van der Waals surface area contributed by atoms with Crippen molar-refractivity contribution >= 4 is 6.09 Å². The molecule has 0 atom stereocenters. The number of ether oxygens (including phenoxy) is 1. The Labute approximate surface area is 67.3 Å². The monoisotopic (exact) mass is 157 g/mol. The largest absolute Gasteiger partial charge is 0.449 e. The van der Waals surface area contributed by atoms with E-state index in [-0.39, 0.29) is 11.5 Å². The summed E-state index contributed by atoms with van der Waals surface area (Å²) in [4.78, 5) is 12.6. The van der Waals surface area contributed by atoms with Gasteiger partial charge in [-0.05, 0) is 11.8 Å². The van der Waals surface area contributed by atoms with Crippen molar-refractivity contribution in [1.82, 2.24) is 4.90 Å². The van der Waals surface area contributed by atoms with Gasteiger partial charge in [-0.2, -0.15) is 0 Å². The Hall–Kier alpha value is -0.730. The molecule has 0 aromatic carbocycles. The predicted octanol–water partition coefficient (Wildman–Crippen LogP) is 1.48. The Morgan fingerprint density at radius 1 is 1.55 bits per heavy atom. The number of nitrogens with zero attached hydrogens (tertiary/aromatic N) is 1. The number of hydrogen-bond acceptors (Lipinski definition) is 2. The molecule has 1 saturated heterocycles. The van der Waals surface area contributed by atoms with Gasteiger partial charge in [-0.15, -0.1) is 0 Å². The maximum absolute atomic E-state index is 11.0. The smallest absolute Gasteiger partial charge is 0.409 e. The van der Waals surface area contributed by atoms with Crippen LogP contribution in [-0.4, -0.2) is 31.2 Å².